The molecule has 92 valence electrons. The van der Waals surface area contributed by atoms with Crippen molar-refractivity contribution in [1.82, 2.24) is 14.9 Å². The minimum absolute atomic E-state index is 0.480. The lowest BCUT2D eigenvalue weighted by atomic mass is 9.99. The Bertz CT molecular complexity index is 394. The van der Waals surface area contributed by atoms with Gasteiger partial charge in [0.05, 0.1) is 12.4 Å². The van der Waals surface area contributed by atoms with E-state index in [-0.39, 0.29) is 0 Å². The van der Waals surface area contributed by atoms with E-state index in [9.17, 15) is 0 Å². The second kappa shape index (κ2) is 4.49. The fraction of sp³-hybridized carbons (Fsp3) is 0.667. The van der Waals surface area contributed by atoms with E-state index in [1.165, 1.54) is 38.8 Å². The fourth-order valence-electron chi connectivity index (χ4n) is 3.06. The lowest BCUT2D eigenvalue weighted by Gasteiger charge is -2.32. The van der Waals surface area contributed by atoms with Crippen molar-refractivity contribution in [3.8, 4) is 0 Å². The van der Waals surface area contributed by atoms with Crippen LogP contribution in [0.5, 0.6) is 0 Å². The normalized spacial score (nSPS) is 28.9. The molecule has 2 atom stereocenters. The average molecular weight is 233 g/mol. The highest BCUT2D eigenvalue weighted by molar-refractivity contribution is 5.39. The molecule has 2 unspecified atom stereocenters. The molecule has 0 spiro atoms. The summed E-state index contributed by atoms with van der Waals surface area (Å²) in [5.74, 6) is 1.29. The highest BCUT2D eigenvalue weighted by Crippen LogP contribution is 2.28. The Morgan fingerprint density at radius 3 is 3.06 bits per heavy atom. The van der Waals surface area contributed by atoms with Gasteiger partial charge in [-0.25, -0.2) is 4.98 Å². The fourth-order valence-corrected chi connectivity index (χ4v) is 3.06. The van der Waals surface area contributed by atoms with Crippen LogP contribution in [0.4, 0.5) is 11.6 Å². The number of hydrogen-bond acceptors (Lipinski definition) is 5. The van der Waals surface area contributed by atoms with Gasteiger partial charge in [-0.15, -0.1) is 0 Å². The zero-order valence-electron chi connectivity index (χ0n) is 9.97. The van der Waals surface area contributed by atoms with Crippen molar-refractivity contribution < 1.29 is 0 Å². The Labute approximate surface area is 101 Å². The van der Waals surface area contributed by atoms with Crippen molar-refractivity contribution >= 4 is 11.6 Å². The summed E-state index contributed by atoms with van der Waals surface area (Å²) < 4.78 is 0. The van der Waals surface area contributed by atoms with Gasteiger partial charge < -0.3 is 11.1 Å². The summed E-state index contributed by atoms with van der Waals surface area (Å²) in [6.45, 7) is 2.46. The number of nitrogens with two attached hydrogens (primary N) is 1. The van der Waals surface area contributed by atoms with Crippen molar-refractivity contribution in [2.75, 3.05) is 24.1 Å². The average Bonchev–Trinajstić information content (AvgIpc) is 2.73. The number of hydrogen-bond donors (Lipinski definition) is 2. The van der Waals surface area contributed by atoms with Crippen molar-refractivity contribution in [3.05, 3.63) is 12.4 Å². The molecule has 0 bridgehead atoms. The summed E-state index contributed by atoms with van der Waals surface area (Å²) in [5.41, 5.74) is 5.64. The standard InChI is InChI=1S/C12H19N5/c13-11-7-14-8-12(16-11)15-9-4-6-17-5-2-1-3-10(9)17/h7-10H,1-6H2,(H3,13,15,16). The second-order valence-electron chi connectivity index (χ2n) is 4.97. The maximum absolute atomic E-state index is 5.64. The van der Waals surface area contributed by atoms with E-state index in [2.05, 4.69) is 20.2 Å². The van der Waals surface area contributed by atoms with E-state index in [1.54, 1.807) is 12.4 Å². The predicted octanol–water partition coefficient (Wildman–Crippen LogP) is 1.10. The van der Waals surface area contributed by atoms with E-state index >= 15 is 0 Å². The minimum atomic E-state index is 0.480. The molecule has 3 heterocycles. The van der Waals surface area contributed by atoms with Crippen LogP contribution >= 0.6 is 0 Å². The van der Waals surface area contributed by atoms with Gasteiger partial charge in [-0.3, -0.25) is 9.88 Å². The first-order chi connectivity index (χ1) is 8.33. The minimum Gasteiger partial charge on any atom is -0.382 e. The van der Waals surface area contributed by atoms with Crippen molar-refractivity contribution in [2.45, 2.75) is 37.8 Å². The third-order valence-electron chi connectivity index (χ3n) is 3.84. The lowest BCUT2D eigenvalue weighted by Crippen LogP contribution is -2.41. The Morgan fingerprint density at radius 2 is 2.18 bits per heavy atom. The van der Waals surface area contributed by atoms with Gasteiger partial charge in [-0.1, -0.05) is 6.42 Å². The van der Waals surface area contributed by atoms with Crippen LogP contribution in [0.3, 0.4) is 0 Å². The zero-order chi connectivity index (χ0) is 11.7. The van der Waals surface area contributed by atoms with Crippen LogP contribution in [-0.2, 0) is 0 Å². The van der Waals surface area contributed by atoms with Gasteiger partial charge in [0.1, 0.15) is 11.6 Å². The monoisotopic (exact) mass is 233 g/mol. The highest BCUT2D eigenvalue weighted by Gasteiger charge is 2.35. The number of rotatable bonds is 2. The molecule has 0 aromatic carbocycles. The Kier molecular flexibility index (Phi) is 2.84. The van der Waals surface area contributed by atoms with E-state index in [0.29, 0.717) is 17.9 Å². The molecule has 0 amide bonds. The molecule has 2 aliphatic heterocycles. The maximum atomic E-state index is 5.64. The summed E-state index contributed by atoms with van der Waals surface area (Å²) in [6.07, 6.45) is 8.52. The number of aromatic nitrogens is 2. The van der Waals surface area contributed by atoms with Crippen molar-refractivity contribution in [2.24, 2.45) is 0 Å². The van der Waals surface area contributed by atoms with Gasteiger partial charge in [-0.05, 0) is 25.8 Å². The van der Waals surface area contributed by atoms with Crippen LogP contribution in [-0.4, -0.2) is 40.0 Å². The highest BCUT2D eigenvalue weighted by atomic mass is 15.2. The van der Waals surface area contributed by atoms with Crippen LogP contribution in [0.25, 0.3) is 0 Å². The summed E-state index contributed by atoms with van der Waals surface area (Å²) in [6, 6.07) is 1.18. The van der Waals surface area contributed by atoms with E-state index in [1.807, 2.05) is 0 Å². The van der Waals surface area contributed by atoms with Gasteiger partial charge in [0, 0.05) is 18.6 Å². The molecule has 2 aliphatic rings. The van der Waals surface area contributed by atoms with Crippen LogP contribution in [0.2, 0.25) is 0 Å². The van der Waals surface area contributed by atoms with Crippen LogP contribution in [0.15, 0.2) is 12.4 Å². The molecule has 5 heteroatoms. The molecule has 0 aliphatic carbocycles. The van der Waals surface area contributed by atoms with E-state index in [4.69, 9.17) is 5.73 Å². The van der Waals surface area contributed by atoms with Gasteiger partial charge in [0.2, 0.25) is 0 Å². The zero-order valence-corrected chi connectivity index (χ0v) is 9.97. The summed E-state index contributed by atoms with van der Waals surface area (Å²) >= 11 is 0. The third kappa shape index (κ3) is 2.20. The number of fused-ring (bicyclic) bond motifs is 1. The van der Waals surface area contributed by atoms with Gasteiger partial charge in [0.25, 0.3) is 0 Å². The Hall–Kier alpha value is -1.36. The Morgan fingerprint density at radius 1 is 1.24 bits per heavy atom. The topological polar surface area (TPSA) is 67.1 Å². The molecule has 5 nitrogen and oxygen atoms in total. The van der Waals surface area contributed by atoms with Crippen LogP contribution in [0, 0.1) is 0 Å². The van der Waals surface area contributed by atoms with Crippen LogP contribution < -0.4 is 11.1 Å². The third-order valence-corrected chi connectivity index (χ3v) is 3.84. The first-order valence-corrected chi connectivity index (χ1v) is 6.41. The number of nitrogens with zero attached hydrogens (tertiary/aromatic N) is 3. The molecule has 2 saturated heterocycles. The number of piperidine rings is 1. The van der Waals surface area contributed by atoms with Crippen LogP contribution in [0.1, 0.15) is 25.7 Å². The molecular formula is C12H19N5. The smallest absolute Gasteiger partial charge is 0.147 e. The summed E-state index contributed by atoms with van der Waals surface area (Å²) in [5, 5.41) is 3.49. The molecule has 0 saturated carbocycles. The quantitative estimate of drug-likeness (QED) is 0.800. The van der Waals surface area contributed by atoms with E-state index in [0.717, 1.165) is 5.82 Å². The molecule has 3 N–H and O–H groups in total. The SMILES string of the molecule is Nc1cncc(NC2CCN3CCCCC23)n1. The van der Waals surface area contributed by atoms with Gasteiger partial charge >= 0.3 is 0 Å². The number of nitrogens with one attached hydrogen (secondary N) is 1. The molecular weight excluding hydrogens is 214 g/mol. The Balaban J connectivity index is 1.69. The molecule has 17 heavy (non-hydrogen) atoms. The molecule has 1 aromatic rings. The molecule has 2 fully saturated rings. The summed E-state index contributed by atoms with van der Waals surface area (Å²) in [4.78, 5) is 10.9. The second-order valence-corrected chi connectivity index (χ2v) is 4.97. The largest absolute Gasteiger partial charge is 0.382 e. The molecule has 0 radical (unpaired) electrons. The lowest BCUT2D eigenvalue weighted by molar-refractivity contribution is 0.192. The summed E-state index contributed by atoms with van der Waals surface area (Å²) in [7, 11) is 0. The first kappa shape index (κ1) is 10.8. The van der Waals surface area contributed by atoms with E-state index < -0.39 is 0 Å². The molecule has 3 rings (SSSR count). The van der Waals surface area contributed by atoms with Gasteiger partial charge in [0.15, 0.2) is 0 Å². The predicted molar refractivity (Wildman–Crippen MR) is 67.7 cm³/mol. The van der Waals surface area contributed by atoms with Crippen molar-refractivity contribution in [1.29, 1.82) is 0 Å². The number of nitrogen functional groups attached to an aromatic ring is 1. The van der Waals surface area contributed by atoms with Crippen molar-refractivity contribution in [3.63, 3.8) is 0 Å². The molecule has 1 aromatic heterocycles. The first-order valence-electron chi connectivity index (χ1n) is 6.41. The maximum Gasteiger partial charge on any atom is 0.147 e. The van der Waals surface area contributed by atoms with Gasteiger partial charge in [-0.2, -0.15) is 0 Å². The number of anilines is 2.